The molecule has 0 spiro atoms. The molecule has 0 unspecified atom stereocenters. The molecule has 2 nitrogen and oxygen atoms in total. The van der Waals surface area contributed by atoms with E-state index in [9.17, 15) is 8.78 Å². The lowest BCUT2D eigenvalue weighted by atomic mass is 10.2. The average Bonchev–Trinajstić information content (AvgIpc) is 2.35. The SMILES string of the molecule is CCSCCCNCc1ccc(OC(F)F)cc1. The third kappa shape index (κ3) is 6.81. The molecule has 102 valence electrons. The number of benzene rings is 1. The topological polar surface area (TPSA) is 21.3 Å². The van der Waals surface area contributed by atoms with Gasteiger partial charge < -0.3 is 10.1 Å². The molecule has 5 heteroatoms. The summed E-state index contributed by atoms with van der Waals surface area (Å²) in [5.74, 6) is 2.53. The molecule has 0 atom stereocenters. The summed E-state index contributed by atoms with van der Waals surface area (Å²) in [4.78, 5) is 0. The van der Waals surface area contributed by atoms with Gasteiger partial charge in [0.1, 0.15) is 5.75 Å². The molecule has 18 heavy (non-hydrogen) atoms. The van der Waals surface area contributed by atoms with Crippen molar-refractivity contribution in [3.8, 4) is 5.75 Å². The largest absolute Gasteiger partial charge is 0.435 e. The fraction of sp³-hybridized carbons (Fsp3) is 0.538. The Hall–Kier alpha value is -0.810. The first-order chi connectivity index (χ1) is 8.72. The number of nitrogens with one attached hydrogen (secondary N) is 1. The summed E-state index contributed by atoms with van der Waals surface area (Å²) >= 11 is 1.93. The maximum absolute atomic E-state index is 11.9. The Morgan fingerprint density at radius 3 is 2.61 bits per heavy atom. The fourth-order valence-corrected chi connectivity index (χ4v) is 2.10. The van der Waals surface area contributed by atoms with Gasteiger partial charge in [0, 0.05) is 6.54 Å². The van der Waals surface area contributed by atoms with Gasteiger partial charge in [0.15, 0.2) is 0 Å². The molecule has 0 aliphatic rings. The molecule has 0 aliphatic heterocycles. The molecule has 0 aromatic heterocycles. The number of hydrogen-bond donors (Lipinski definition) is 1. The molecule has 1 aromatic carbocycles. The van der Waals surface area contributed by atoms with Gasteiger partial charge in [0.2, 0.25) is 0 Å². The van der Waals surface area contributed by atoms with Crippen LogP contribution in [-0.2, 0) is 6.54 Å². The molecule has 0 bridgehead atoms. The number of alkyl halides is 2. The van der Waals surface area contributed by atoms with Crippen molar-refractivity contribution in [3.05, 3.63) is 29.8 Å². The van der Waals surface area contributed by atoms with Crippen LogP contribution in [0, 0.1) is 0 Å². The van der Waals surface area contributed by atoms with E-state index in [0.29, 0.717) is 0 Å². The first-order valence-electron chi connectivity index (χ1n) is 6.04. The van der Waals surface area contributed by atoms with E-state index < -0.39 is 6.61 Å². The number of rotatable bonds is 9. The standard InChI is InChI=1S/C13H19F2NOS/c1-2-18-9-3-8-16-10-11-4-6-12(7-5-11)17-13(14)15/h4-7,13,16H,2-3,8-10H2,1H3. The van der Waals surface area contributed by atoms with E-state index in [1.165, 1.54) is 5.75 Å². The van der Waals surface area contributed by atoms with E-state index in [1.54, 1.807) is 24.3 Å². The van der Waals surface area contributed by atoms with E-state index in [0.717, 1.165) is 30.8 Å². The number of hydrogen-bond acceptors (Lipinski definition) is 3. The van der Waals surface area contributed by atoms with Gasteiger partial charge in [-0.25, -0.2) is 0 Å². The third-order valence-corrected chi connectivity index (χ3v) is 3.31. The molecule has 0 radical (unpaired) electrons. The van der Waals surface area contributed by atoms with Crippen LogP contribution in [0.1, 0.15) is 18.9 Å². The molecular weight excluding hydrogens is 256 g/mol. The smallest absolute Gasteiger partial charge is 0.387 e. The van der Waals surface area contributed by atoms with Crippen molar-refractivity contribution in [1.82, 2.24) is 5.32 Å². The molecule has 1 N–H and O–H groups in total. The van der Waals surface area contributed by atoms with Crippen LogP contribution in [0.4, 0.5) is 8.78 Å². The van der Waals surface area contributed by atoms with Crippen molar-refractivity contribution in [2.75, 3.05) is 18.1 Å². The third-order valence-electron chi connectivity index (χ3n) is 2.32. The van der Waals surface area contributed by atoms with Crippen molar-refractivity contribution >= 4 is 11.8 Å². The Bertz CT molecular complexity index is 319. The van der Waals surface area contributed by atoms with Gasteiger partial charge in [-0.15, -0.1) is 0 Å². The summed E-state index contributed by atoms with van der Waals surface area (Å²) in [5, 5.41) is 3.32. The summed E-state index contributed by atoms with van der Waals surface area (Å²) < 4.78 is 28.2. The maximum atomic E-state index is 11.9. The Morgan fingerprint density at radius 2 is 2.00 bits per heavy atom. The van der Waals surface area contributed by atoms with E-state index in [2.05, 4.69) is 17.0 Å². The molecule has 0 heterocycles. The van der Waals surface area contributed by atoms with E-state index >= 15 is 0 Å². The van der Waals surface area contributed by atoms with Gasteiger partial charge in [-0.3, -0.25) is 0 Å². The first kappa shape index (κ1) is 15.2. The minimum Gasteiger partial charge on any atom is -0.435 e. The second-order valence-corrected chi connectivity index (χ2v) is 5.14. The molecule has 0 saturated carbocycles. The quantitative estimate of drug-likeness (QED) is 0.697. The van der Waals surface area contributed by atoms with Crippen molar-refractivity contribution in [3.63, 3.8) is 0 Å². The monoisotopic (exact) mass is 275 g/mol. The van der Waals surface area contributed by atoms with Crippen molar-refractivity contribution < 1.29 is 13.5 Å². The Balaban J connectivity index is 2.18. The summed E-state index contributed by atoms with van der Waals surface area (Å²) in [6.07, 6.45) is 1.14. The molecule has 1 aromatic rings. The Labute approximate surface area is 111 Å². The highest BCUT2D eigenvalue weighted by Crippen LogP contribution is 2.14. The molecule has 0 saturated heterocycles. The minimum absolute atomic E-state index is 0.202. The van der Waals surface area contributed by atoms with Gasteiger partial charge in [-0.2, -0.15) is 20.5 Å². The molecular formula is C13H19F2NOS. The van der Waals surface area contributed by atoms with Crippen LogP contribution in [-0.4, -0.2) is 24.7 Å². The number of thioether (sulfide) groups is 1. The highest BCUT2D eigenvalue weighted by Gasteiger charge is 2.03. The average molecular weight is 275 g/mol. The van der Waals surface area contributed by atoms with Crippen LogP contribution in [0.3, 0.4) is 0 Å². The zero-order chi connectivity index (χ0) is 13.2. The van der Waals surface area contributed by atoms with Crippen LogP contribution >= 0.6 is 11.8 Å². The van der Waals surface area contributed by atoms with Crippen LogP contribution in [0.15, 0.2) is 24.3 Å². The van der Waals surface area contributed by atoms with Crippen LogP contribution in [0.2, 0.25) is 0 Å². The van der Waals surface area contributed by atoms with Crippen molar-refractivity contribution in [2.45, 2.75) is 26.5 Å². The summed E-state index contributed by atoms with van der Waals surface area (Å²) in [7, 11) is 0. The fourth-order valence-electron chi connectivity index (χ4n) is 1.47. The predicted octanol–water partition coefficient (Wildman–Crippen LogP) is 3.52. The van der Waals surface area contributed by atoms with Gasteiger partial charge in [-0.1, -0.05) is 19.1 Å². The molecule has 0 aliphatic carbocycles. The van der Waals surface area contributed by atoms with Gasteiger partial charge in [0.25, 0.3) is 0 Å². The lowest BCUT2D eigenvalue weighted by Gasteiger charge is -2.07. The van der Waals surface area contributed by atoms with E-state index in [1.807, 2.05) is 11.8 Å². The predicted molar refractivity (Wildman–Crippen MR) is 72.4 cm³/mol. The van der Waals surface area contributed by atoms with Gasteiger partial charge in [0.05, 0.1) is 0 Å². The Kier molecular flexibility index (Phi) is 7.76. The number of ether oxygens (including phenoxy) is 1. The molecule has 0 amide bonds. The number of halogens is 2. The van der Waals surface area contributed by atoms with Gasteiger partial charge in [-0.05, 0) is 42.2 Å². The van der Waals surface area contributed by atoms with Crippen LogP contribution < -0.4 is 10.1 Å². The lowest BCUT2D eigenvalue weighted by Crippen LogP contribution is -2.15. The normalized spacial score (nSPS) is 10.9. The van der Waals surface area contributed by atoms with E-state index in [-0.39, 0.29) is 5.75 Å². The highest BCUT2D eigenvalue weighted by atomic mass is 32.2. The zero-order valence-corrected chi connectivity index (χ0v) is 11.3. The van der Waals surface area contributed by atoms with Crippen LogP contribution in [0.5, 0.6) is 5.75 Å². The van der Waals surface area contributed by atoms with Crippen LogP contribution in [0.25, 0.3) is 0 Å². The maximum Gasteiger partial charge on any atom is 0.387 e. The summed E-state index contributed by atoms with van der Waals surface area (Å²) in [6, 6.07) is 6.73. The summed E-state index contributed by atoms with van der Waals surface area (Å²) in [6.45, 7) is 1.12. The zero-order valence-electron chi connectivity index (χ0n) is 10.5. The van der Waals surface area contributed by atoms with Crippen molar-refractivity contribution in [2.24, 2.45) is 0 Å². The molecule has 1 rings (SSSR count). The Morgan fingerprint density at radius 1 is 1.28 bits per heavy atom. The second kappa shape index (κ2) is 9.16. The highest BCUT2D eigenvalue weighted by molar-refractivity contribution is 7.99. The first-order valence-corrected chi connectivity index (χ1v) is 7.20. The lowest BCUT2D eigenvalue weighted by molar-refractivity contribution is -0.0498. The molecule has 0 fully saturated rings. The minimum atomic E-state index is -2.76. The van der Waals surface area contributed by atoms with Crippen molar-refractivity contribution in [1.29, 1.82) is 0 Å². The summed E-state index contributed by atoms with van der Waals surface area (Å²) in [5.41, 5.74) is 1.07. The van der Waals surface area contributed by atoms with E-state index in [4.69, 9.17) is 0 Å². The second-order valence-electron chi connectivity index (χ2n) is 3.75. The van der Waals surface area contributed by atoms with Gasteiger partial charge >= 0.3 is 6.61 Å².